The van der Waals surface area contributed by atoms with Crippen LogP contribution in [-0.2, 0) is 20.7 Å². The van der Waals surface area contributed by atoms with E-state index in [1.807, 2.05) is 0 Å². The van der Waals surface area contributed by atoms with Crippen LogP contribution in [0.4, 0.5) is 10.1 Å². The van der Waals surface area contributed by atoms with E-state index < -0.39 is 36.1 Å². The topological polar surface area (TPSA) is 92.8 Å². The fraction of sp³-hybridized carbons (Fsp3) is 0.158. The Morgan fingerprint density at radius 2 is 1.70 bits per heavy atom. The quantitative estimate of drug-likeness (QED) is 0.640. The van der Waals surface area contributed by atoms with E-state index >= 15 is 0 Å². The number of nitrogens with zero attached hydrogens (tertiary/aromatic N) is 1. The average molecular weight is 370 g/mol. The highest BCUT2D eigenvalue weighted by Gasteiger charge is 2.32. The smallest absolute Gasteiger partial charge is 0.310 e. The molecule has 0 fully saturated rings. The highest BCUT2D eigenvalue weighted by molar-refractivity contribution is 6.21. The number of imide groups is 1. The van der Waals surface area contributed by atoms with E-state index in [4.69, 9.17) is 4.74 Å². The molecular weight excluding hydrogens is 355 g/mol. The van der Waals surface area contributed by atoms with Gasteiger partial charge in [-0.3, -0.25) is 24.1 Å². The van der Waals surface area contributed by atoms with E-state index in [-0.39, 0.29) is 17.5 Å². The van der Waals surface area contributed by atoms with Crippen LogP contribution in [0.15, 0.2) is 42.5 Å². The summed E-state index contributed by atoms with van der Waals surface area (Å²) in [7, 11) is 1.38. The monoisotopic (exact) mass is 370 g/mol. The molecule has 0 spiro atoms. The lowest BCUT2D eigenvalue weighted by atomic mass is 10.1. The number of hydrogen-bond donors (Lipinski definition) is 1. The standard InChI is InChI=1S/C19H15FN2O5/c1-22-18(25)14-7-6-13(9-15(14)19(22)26)21-16(23)10-27-17(24)8-11-2-4-12(20)5-3-11/h2-7,9H,8,10H2,1H3,(H,21,23). The summed E-state index contributed by atoms with van der Waals surface area (Å²) in [5, 5.41) is 2.50. The van der Waals surface area contributed by atoms with Gasteiger partial charge in [0, 0.05) is 12.7 Å². The molecule has 0 aliphatic carbocycles. The molecule has 0 aromatic heterocycles. The summed E-state index contributed by atoms with van der Waals surface area (Å²) >= 11 is 0. The Balaban J connectivity index is 1.54. The summed E-state index contributed by atoms with van der Waals surface area (Å²) in [5.74, 6) is -2.48. The molecule has 0 saturated heterocycles. The van der Waals surface area contributed by atoms with Crippen molar-refractivity contribution in [3.8, 4) is 0 Å². The maximum atomic E-state index is 12.8. The van der Waals surface area contributed by atoms with Crippen LogP contribution < -0.4 is 5.32 Å². The number of benzene rings is 2. The van der Waals surface area contributed by atoms with Gasteiger partial charge in [0.25, 0.3) is 17.7 Å². The van der Waals surface area contributed by atoms with Crippen molar-refractivity contribution in [2.45, 2.75) is 6.42 Å². The predicted octanol–water partition coefficient (Wildman–Crippen LogP) is 1.78. The van der Waals surface area contributed by atoms with Crippen LogP contribution in [0.25, 0.3) is 0 Å². The minimum absolute atomic E-state index is 0.0879. The summed E-state index contributed by atoms with van der Waals surface area (Å²) in [5.41, 5.74) is 1.34. The first kappa shape index (κ1) is 18.2. The van der Waals surface area contributed by atoms with E-state index in [1.165, 1.54) is 49.5 Å². The van der Waals surface area contributed by atoms with E-state index in [9.17, 15) is 23.6 Å². The summed E-state index contributed by atoms with van der Waals surface area (Å²) in [6.45, 7) is -0.510. The largest absolute Gasteiger partial charge is 0.455 e. The van der Waals surface area contributed by atoms with Crippen LogP contribution in [0, 0.1) is 5.82 Å². The zero-order valence-electron chi connectivity index (χ0n) is 14.3. The Morgan fingerprint density at radius 1 is 1.04 bits per heavy atom. The van der Waals surface area contributed by atoms with Crippen LogP contribution in [0.3, 0.4) is 0 Å². The number of fused-ring (bicyclic) bond motifs is 1. The SMILES string of the molecule is CN1C(=O)c2ccc(NC(=O)COC(=O)Cc3ccc(F)cc3)cc2C1=O. The number of carbonyl (C=O) groups excluding carboxylic acids is 4. The van der Waals surface area contributed by atoms with Gasteiger partial charge in [0.05, 0.1) is 17.5 Å². The van der Waals surface area contributed by atoms with Gasteiger partial charge in [-0.2, -0.15) is 0 Å². The minimum atomic E-state index is -0.631. The van der Waals surface area contributed by atoms with Gasteiger partial charge in [0.2, 0.25) is 0 Å². The third-order valence-corrected chi connectivity index (χ3v) is 4.00. The Morgan fingerprint density at radius 3 is 2.41 bits per heavy atom. The van der Waals surface area contributed by atoms with Crippen LogP contribution in [-0.4, -0.2) is 42.2 Å². The molecule has 3 amide bonds. The van der Waals surface area contributed by atoms with Gasteiger partial charge in [-0.15, -0.1) is 0 Å². The van der Waals surface area contributed by atoms with E-state index in [0.717, 1.165) is 4.90 Å². The molecule has 1 aliphatic rings. The first-order valence-electron chi connectivity index (χ1n) is 8.01. The number of rotatable bonds is 5. The Hall–Kier alpha value is -3.55. The minimum Gasteiger partial charge on any atom is -0.455 e. The normalized spacial score (nSPS) is 12.7. The lowest BCUT2D eigenvalue weighted by Gasteiger charge is -2.07. The Labute approximate surface area is 153 Å². The maximum absolute atomic E-state index is 12.8. The Kier molecular flexibility index (Phi) is 4.98. The number of nitrogens with one attached hydrogen (secondary N) is 1. The Bertz CT molecular complexity index is 940. The van der Waals surface area contributed by atoms with Gasteiger partial charge >= 0.3 is 5.97 Å². The fourth-order valence-electron chi connectivity index (χ4n) is 2.60. The summed E-state index contributed by atoms with van der Waals surface area (Å²) in [4.78, 5) is 48.4. The molecule has 0 saturated carbocycles. The molecule has 2 aromatic carbocycles. The van der Waals surface area contributed by atoms with Crippen LogP contribution >= 0.6 is 0 Å². The van der Waals surface area contributed by atoms with Crippen LogP contribution in [0.1, 0.15) is 26.3 Å². The molecule has 27 heavy (non-hydrogen) atoms. The lowest BCUT2D eigenvalue weighted by molar-refractivity contribution is -0.146. The van der Waals surface area contributed by atoms with Gasteiger partial charge in [0.1, 0.15) is 5.82 Å². The zero-order valence-corrected chi connectivity index (χ0v) is 14.3. The van der Waals surface area contributed by atoms with Crippen LogP contribution in [0.5, 0.6) is 0 Å². The summed E-state index contributed by atoms with van der Waals surface area (Å²) in [6.07, 6.45) is -0.0879. The lowest BCUT2D eigenvalue weighted by Crippen LogP contribution is -2.24. The van der Waals surface area contributed by atoms with E-state index in [2.05, 4.69) is 5.32 Å². The third-order valence-electron chi connectivity index (χ3n) is 4.00. The summed E-state index contributed by atoms with van der Waals surface area (Å²) < 4.78 is 17.7. The van der Waals surface area contributed by atoms with Crippen molar-refractivity contribution in [3.05, 3.63) is 65.0 Å². The second kappa shape index (κ2) is 7.36. The van der Waals surface area contributed by atoms with E-state index in [1.54, 1.807) is 0 Å². The molecular formula is C19H15FN2O5. The average Bonchev–Trinajstić information content (AvgIpc) is 2.86. The first-order valence-corrected chi connectivity index (χ1v) is 8.01. The second-order valence-corrected chi connectivity index (χ2v) is 5.94. The van der Waals surface area contributed by atoms with Crippen molar-refractivity contribution in [2.24, 2.45) is 0 Å². The summed E-state index contributed by atoms with van der Waals surface area (Å²) in [6, 6.07) is 9.71. The number of ether oxygens (including phenoxy) is 1. The van der Waals surface area contributed by atoms with Crippen molar-refractivity contribution in [1.82, 2.24) is 4.90 Å². The fourth-order valence-corrected chi connectivity index (χ4v) is 2.60. The molecule has 0 radical (unpaired) electrons. The first-order chi connectivity index (χ1) is 12.8. The number of esters is 1. The van der Waals surface area contributed by atoms with Crippen molar-refractivity contribution in [3.63, 3.8) is 0 Å². The molecule has 7 nitrogen and oxygen atoms in total. The van der Waals surface area contributed by atoms with Gasteiger partial charge in [-0.25, -0.2) is 4.39 Å². The van der Waals surface area contributed by atoms with Crippen LogP contribution in [0.2, 0.25) is 0 Å². The zero-order chi connectivity index (χ0) is 19.6. The van der Waals surface area contributed by atoms with Gasteiger partial charge in [-0.05, 0) is 35.9 Å². The van der Waals surface area contributed by atoms with Gasteiger partial charge in [-0.1, -0.05) is 12.1 Å². The second-order valence-electron chi connectivity index (χ2n) is 5.94. The van der Waals surface area contributed by atoms with Crippen molar-refractivity contribution in [1.29, 1.82) is 0 Å². The molecule has 138 valence electrons. The van der Waals surface area contributed by atoms with E-state index in [0.29, 0.717) is 11.3 Å². The van der Waals surface area contributed by atoms with Crippen molar-refractivity contribution >= 4 is 29.4 Å². The molecule has 1 N–H and O–H groups in total. The number of hydrogen-bond acceptors (Lipinski definition) is 5. The maximum Gasteiger partial charge on any atom is 0.310 e. The molecule has 1 heterocycles. The van der Waals surface area contributed by atoms with Gasteiger partial charge in [0.15, 0.2) is 6.61 Å². The molecule has 0 unspecified atom stereocenters. The molecule has 2 aromatic rings. The molecule has 3 rings (SSSR count). The molecule has 8 heteroatoms. The molecule has 0 bridgehead atoms. The third kappa shape index (κ3) is 4.00. The van der Waals surface area contributed by atoms with Crippen molar-refractivity contribution in [2.75, 3.05) is 19.0 Å². The van der Waals surface area contributed by atoms with Crippen molar-refractivity contribution < 1.29 is 28.3 Å². The highest BCUT2D eigenvalue weighted by atomic mass is 19.1. The number of halogens is 1. The number of anilines is 1. The molecule has 1 aliphatic heterocycles. The number of amides is 3. The predicted molar refractivity (Wildman–Crippen MR) is 92.6 cm³/mol. The van der Waals surface area contributed by atoms with Gasteiger partial charge < -0.3 is 10.1 Å². The highest BCUT2D eigenvalue weighted by Crippen LogP contribution is 2.24. The number of carbonyl (C=O) groups is 4. The molecule has 0 atom stereocenters.